The largest absolute Gasteiger partial charge is 0.399 e. The molecule has 13 heavy (non-hydrogen) atoms. The van der Waals surface area contributed by atoms with E-state index in [1.165, 1.54) is 5.56 Å². The highest BCUT2D eigenvalue weighted by atomic mass is 16.6. The maximum Gasteiger partial charge on any atom is 0.106 e. The van der Waals surface area contributed by atoms with Crippen LogP contribution in [0.25, 0.3) is 0 Å². The average molecular weight is 177 g/mol. The highest BCUT2D eigenvalue weighted by Crippen LogP contribution is 2.03. The summed E-state index contributed by atoms with van der Waals surface area (Å²) in [7, 11) is 1.58. The second-order valence-electron chi connectivity index (χ2n) is 2.99. The maximum atomic E-state index is 4.68. The predicted octanol–water partition coefficient (Wildman–Crippen LogP) is 2.64. The Kier molecular flexibility index (Phi) is 4.03. The minimum atomic E-state index is 0.956. The van der Waals surface area contributed by atoms with Crippen molar-refractivity contribution in [2.75, 3.05) is 7.11 Å². The van der Waals surface area contributed by atoms with E-state index >= 15 is 0 Å². The summed E-state index contributed by atoms with van der Waals surface area (Å²) in [5, 5.41) is 3.86. The monoisotopic (exact) mass is 177 g/mol. The van der Waals surface area contributed by atoms with E-state index in [0.29, 0.717) is 0 Å². The lowest BCUT2D eigenvalue weighted by Gasteiger charge is -1.99. The van der Waals surface area contributed by atoms with Gasteiger partial charge < -0.3 is 4.84 Å². The number of rotatable bonds is 4. The second-order valence-corrected chi connectivity index (χ2v) is 2.99. The van der Waals surface area contributed by atoms with Gasteiger partial charge >= 0.3 is 0 Å². The van der Waals surface area contributed by atoms with Gasteiger partial charge in [-0.2, -0.15) is 0 Å². The summed E-state index contributed by atoms with van der Waals surface area (Å²) in [4.78, 5) is 4.68. The molecule has 0 aliphatic heterocycles. The van der Waals surface area contributed by atoms with Gasteiger partial charge in [0, 0.05) is 0 Å². The molecular formula is C11H15NO. The van der Waals surface area contributed by atoms with Gasteiger partial charge in [0.15, 0.2) is 0 Å². The molecule has 0 aliphatic rings. The first-order chi connectivity index (χ1) is 6.33. The zero-order valence-electron chi connectivity index (χ0n) is 8.16. The van der Waals surface area contributed by atoms with Crippen LogP contribution in [0.5, 0.6) is 0 Å². The molecule has 0 fully saturated rings. The third-order valence-electron chi connectivity index (χ3n) is 1.87. The van der Waals surface area contributed by atoms with E-state index in [4.69, 9.17) is 0 Å². The van der Waals surface area contributed by atoms with Gasteiger partial charge in [-0.3, -0.25) is 0 Å². The smallest absolute Gasteiger partial charge is 0.106 e. The van der Waals surface area contributed by atoms with Crippen molar-refractivity contribution in [1.29, 1.82) is 0 Å². The van der Waals surface area contributed by atoms with Crippen LogP contribution in [0.4, 0.5) is 0 Å². The molecule has 2 heteroatoms. The summed E-state index contributed by atoms with van der Waals surface area (Å²) in [6.07, 6.45) is 1.98. The second kappa shape index (κ2) is 5.36. The van der Waals surface area contributed by atoms with Crippen LogP contribution in [-0.2, 0) is 11.3 Å². The molecular weight excluding hydrogens is 162 g/mol. The van der Waals surface area contributed by atoms with Crippen LogP contribution in [0.1, 0.15) is 18.9 Å². The van der Waals surface area contributed by atoms with Crippen molar-refractivity contribution in [2.24, 2.45) is 5.16 Å². The Morgan fingerprint density at radius 3 is 2.62 bits per heavy atom. The zero-order chi connectivity index (χ0) is 9.52. The number of aryl methyl sites for hydroxylation is 1. The standard InChI is InChI=1S/C11H15NO/c1-10(12-13-2)8-9-11-6-4-3-5-7-11/h3-7H,8-9H2,1-2H3/b12-10+. The molecule has 0 aromatic heterocycles. The van der Waals surface area contributed by atoms with E-state index < -0.39 is 0 Å². The van der Waals surface area contributed by atoms with Gasteiger partial charge in [-0.1, -0.05) is 35.5 Å². The number of benzene rings is 1. The van der Waals surface area contributed by atoms with E-state index in [1.807, 2.05) is 13.0 Å². The normalized spacial score (nSPS) is 11.4. The molecule has 1 aromatic rings. The van der Waals surface area contributed by atoms with Crippen LogP contribution in [0.3, 0.4) is 0 Å². The van der Waals surface area contributed by atoms with Crippen LogP contribution in [0, 0.1) is 0 Å². The molecule has 0 saturated heterocycles. The van der Waals surface area contributed by atoms with Crippen LogP contribution < -0.4 is 0 Å². The molecule has 0 saturated carbocycles. The minimum Gasteiger partial charge on any atom is -0.399 e. The quantitative estimate of drug-likeness (QED) is 0.511. The lowest BCUT2D eigenvalue weighted by Crippen LogP contribution is -1.95. The summed E-state index contributed by atoms with van der Waals surface area (Å²) in [5.41, 5.74) is 2.37. The van der Waals surface area contributed by atoms with Crippen molar-refractivity contribution in [3.8, 4) is 0 Å². The number of nitrogens with zero attached hydrogens (tertiary/aromatic N) is 1. The first-order valence-electron chi connectivity index (χ1n) is 4.43. The Balaban J connectivity index is 2.39. The van der Waals surface area contributed by atoms with Crippen LogP contribution in [0.15, 0.2) is 35.5 Å². The van der Waals surface area contributed by atoms with Gasteiger partial charge in [0.05, 0.1) is 5.71 Å². The van der Waals surface area contributed by atoms with Crippen molar-refractivity contribution in [3.63, 3.8) is 0 Å². The van der Waals surface area contributed by atoms with E-state index in [-0.39, 0.29) is 0 Å². The summed E-state index contributed by atoms with van der Waals surface area (Å²) >= 11 is 0. The fourth-order valence-corrected chi connectivity index (χ4v) is 1.17. The highest BCUT2D eigenvalue weighted by Gasteiger charge is 1.94. The van der Waals surface area contributed by atoms with Gasteiger partial charge in [0.2, 0.25) is 0 Å². The molecule has 0 unspecified atom stereocenters. The van der Waals surface area contributed by atoms with Crippen molar-refractivity contribution >= 4 is 5.71 Å². The van der Waals surface area contributed by atoms with Gasteiger partial charge in [-0.15, -0.1) is 0 Å². The van der Waals surface area contributed by atoms with Gasteiger partial charge in [0.25, 0.3) is 0 Å². The Bertz CT molecular complexity index is 267. The Labute approximate surface area is 79.2 Å². The summed E-state index contributed by atoms with van der Waals surface area (Å²) < 4.78 is 0. The van der Waals surface area contributed by atoms with Crippen LogP contribution >= 0.6 is 0 Å². The molecule has 0 amide bonds. The molecule has 0 aliphatic carbocycles. The molecule has 1 rings (SSSR count). The topological polar surface area (TPSA) is 21.6 Å². The molecule has 0 bridgehead atoms. The zero-order valence-corrected chi connectivity index (χ0v) is 8.16. The predicted molar refractivity (Wildman–Crippen MR) is 54.9 cm³/mol. The van der Waals surface area contributed by atoms with Crippen LogP contribution in [-0.4, -0.2) is 12.8 Å². The summed E-state index contributed by atoms with van der Waals surface area (Å²) in [6.45, 7) is 1.98. The van der Waals surface area contributed by atoms with Crippen molar-refractivity contribution in [2.45, 2.75) is 19.8 Å². The fourth-order valence-electron chi connectivity index (χ4n) is 1.17. The van der Waals surface area contributed by atoms with E-state index in [1.54, 1.807) is 7.11 Å². The van der Waals surface area contributed by atoms with Crippen LogP contribution in [0.2, 0.25) is 0 Å². The number of hydrogen-bond acceptors (Lipinski definition) is 2. The van der Waals surface area contributed by atoms with Crippen molar-refractivity contribution in [3.05, 3.63) is 35.9 Å². The Morgan fingerprint density at radius 1 is 1.31 bits per heavy atom. The Morgan fingerprint density at radius 2 is 2.00 bits per heavy atom. The van der Waals surface area contributed by atoms with E-state index in [9.17, 15) is 0 Å². The third-order valence-corrected chi connectivity index (χ3v) is 1.87. The van der Waals surface area contributed by atoms with E-state index in [0.717, 1.165) is 18.6 Å². The summed E-state index contributed by atoms with van der Waals surface area (Å²) in [5.74, 6) is 0. The number of hydrogen-bond donors (Lipinski definition) is 0. The first-order valence-corrected chi connectivity index (χ1v) is 4.43. The third kappa shape index (κ3) is 3.74. The maximum absolute atomic E-state index is 4.68. The molecule has 0 atom stereocenters. The minimum absolute atomic E-state index is 0.956. The first kappa shape index (κ1) is 9.78. The molecule has 0 N–H and O–H groups in total. The van der Waals surface area contributed by atoms with Gasteiger partial charge in [0.1, 0.15) is 7.11 Å². The summed E-state index contributed by atoms with van der Waals surface area (Å²) in [6, 6.07) is 10.4. The Hall–Kier alpha value is -1.31. The number of oxime groups is 1. The molecule has 2 nitrogen and oxygen atoms in total. The lowest BCUT2D eigenvalue weighted by atomic mass is 10.1. The molecule has 0 spiro atoms. The molecule has 1 aromatic carbocycles. The average Bonchev–Trinajstić information content (AvgIpc) is 2.17. The van der Waals surface area contributed by atoms with Crippen molar-refractivity contribution in [1.82, 2.24) is 0 Å². The molecule has 0 radical (unpaired) electrons. The van der Waals surface area contributed by atoms with Gasteiger partial charge in [-0.05, 0) is 25.3 Å². The molecule has 0 heterocycles. The SMILES string of the molecule is CO/N=C(\C)CCc1ccccc1. The van der Waals surface area contributed by atoms with E-state index in [2.05, 4.69) is 34.3 Å². The van der Waals surface area contributed by atoms with Crippen molar-refractivity contribution < 1.29 is 4.84 Å². The molecule has 70 valence electrons. The fraction of sp³-hybridized carbons (Fsp3) is 0.364. The lowest BCUT2D eigenvalue weighted by molar-refractivity contribution is 0.212. The van der Waals surface area contributed by atoms with Gasteiger partial charge in [-0.25, -0.2) is 0 Å². The highest BCUT2D eigenvalue weighted by molar-refractivity contribution is 5.81.